The second kappa shape index (κ2) is 8.04. The minimum Gasteiger partial charge on any atom is -0.496 e. The maximum Gasteiger partial charge on any atom is 0.275 e. The van der Waals surface area contributed by atoms with Crippen LogP contribution in [0, 0.1) is 13.8 Å². The Morgan fingerprint density at radius 1 is 1.15 bits per heavy atom. The van der Waals surface area contributed by atoms with Crippen LogP contribution in [0.2, 0.25) is 0 Å². The lowest BCUT2D eigenvalue weighted by molar-refractivity contribution is 0.0952. The fraction of sp³-hybridized carbons (Fsp3) is 0.333. The normalized spacial score (nSPS) is 14.0. The molecular weight excluding hydrogens is 326 g/mol. The van der Waals surface area contributed by atoms with Crippen molar-refractivity contribution in [3.05, 3.63) is 58.7 Å². The van der Waals surface area contributed by atoms with Crippen molar-refractivity contribution in [3.63, 3.8) is 0 Å². The number of ether oxygens (including phenoxy) is 1. The number of amides is 1. The molecule has 1 saturated heterocycles. The highest BCUT2D eigenvalue weighted by Crippen LogP contribution is 2.22. The van der Waals surface area contributed by atoms with Crippen molar-refractivity contribution in [2.45, 2.75) is 26.7 Å². The van der Waals surface area contributed by atoms with E-state index in [4.69, 9.17) is 4.74 Å². The van der Waals surface area contributed by atoms with Crippen LogP contribution in [-0.2, 0) is 0 Å². The second-order valence-electron chi connectivity index (χ2n) is 6.64. The summed E-state index contributed by atoms with van der Waals surface area (Å²) in [6.07, 6.45) is 4.20. The predicted octanol–water partition coefficient (Wildman–Crippen LogP) is 3.68. The molecule has 0 aromatic heterocycles. The van der Waals surface area contributed by atoms with E-state index in [-0.39, 0.29) is 5.91 Å². The Bertz CT molecular complexity index is 824. The molecule has 5 heteroatoms. The molecule has 0 saturated carbocycles. The summed E-state index contributed by atoms with van der Waals surface area (Å²) in [6.45, 7) is 6.27. The molecule has 3 rings (SSSR count). The van der Waals surface area contributed by atoms with E-state index in [9.17, 15) is 4.79 Å². The monoisotopic (exact) mass is 351 g/mol. The Morgan fingerprint density at radius 3 is 2.62 bits per heavy atom. The van der Waals surface area contributed by atoms with E-state index in [1.54, 1.807) is 19.4 Å². The van der Waals surface area contributed by atoms with Crippen molar-refractivity contribution in [1.29, 1.82) is 0 Å². The van der Waals surface area contributed by atoms with Crippen LogP contribution in [-0.4, -0.2) is 32.3 Å². The van der Waals surface area contributed by atoms with Crippen LogP contribution in [0.4, 0.5) is 5.69 Å². The van der Waals surface area contributed by atoms with E-state index in [0.717, 1.165) is 29.8 Å². The molecule has 1 amide bonds. The van der Waals surface area contributed by atoms with Crippen LogP contribution in [0.1, 0.15) is 39.9 Å². The van der Waals surface area contributed by atoms with Crippen LogP contribution in [0.25, 0.3) is 0 Å². The first-order valence-electron chi connectivity index (χ1n) is 8.92. The number of carbonyl (C=O) groups is 1. The summed E-state index contributed by atoms with van der Waals surface area (Å²) in [6, 6.07) is 11.8. The number of hydrogen-bond donors (Lipinski definition) is 1. The fourth-order valence-electron chi connectivity index (χ4n) is 3.18. The van der Waals surface area contributed by atoms with Crippen molar-refractivity contribution in [2.24, 2.45) is 5.10 Å². The van der Waals surface area contributed by atoms with Gasteiger partial charge in [-0.2, -0.15) is 5.10 Å². The van der Waals surface area contributed by atoms with Gasteiger partial charge in [0, 0.05) is 18.8 Å². The van der Waals surface area contributed by atoms with Gasteiger partial charge in [0.15, 0.2) is 0 Å². The van der Waals surface area contributed by atoms with E-state index in [2.05, 4.69) is 34.5 Å². The Morgan fingerprint density at radius 2 is 1.92 bits per heavy atom. The average molecular weight is 351 g/mol. The zero-order valence-electron chi connectivity index (χ0n) is 15.6. The number of aryl methyl sites for hydroxylation is 2. The highest BCUT2D eigenvalue weighted by atomic mass is 16.5. The quantitative estimate of drug-likeness (QED) is 0.660. The SMILES string of the molecule is COc1cc(C)ccc1C(=O)N/N=C\c1ccc(N2CCCC2)cc1C. The van der Waals surface area contributed by atoms with Crippen LogP contribution in [0.3, 0.4) is 0 Å². The van der Waals surface area contributed by atoms with Crippen molar-refractivity contribution in [3.8, 4) is 5.75 Å². The van der Waals surface area contributed by atoms with Gasteiger partial charge in [-0.3, -0.25) is 4.79 Å². The van der Waals surface area contributed by atoms with Crippen LogP contribution in [0.5, 0.6) is 5.75 Å². The molecule has 5 nitrogen and oxygen atoms in total. The van der Waals surface area contributed by atoms with Crippen LogP contribution < -0.4 is 15.1 Å². The van der Waals surface area contributed by atoms with Gasteiger partial charge in [-0.1, -0.05) is 12.1 Å². The topological polar surface area (TPSA) is 53.9 Å². The third kappa shape index (κ3) is 4.04. The fourth-order valence-corrected chi connectivity index (χ4v) is 3.18. The summed E-state index contributed by atoms with van der Waals surface area (Å²) in [4.78, 5) is 14.7. The van der Waals surface area contributed by atoms with Gasteiger partial charge in [-0.15, -0.1) is 0 Å². The zero-order valence-corrected chi connectivity index (χ0v) is 15.6. The number of nitrogens with one attached hydrogen (secondary N) is 1. The lowest BCUT2D eigenvalue weighted by Crippen LogP contribution is -2.19. The van der Waals surface area contributed by atoms with Gasteiger partial charge in [0.2, 0.25) is 0 Å². The third-order valence-electron chi connectivity index (χ3n) is 4.70. The lowest BCUT2D eigenvalue weighted by Gasteiger charge is -2.18. The Hall–Kier alpha value is -2.82. The minimum atomic E-state index is -0.288. The smallest absolute Gasteiger partial charge is 0.275 e. The van der Waals surface area contributed by atoms with Gasteiger partial charge in [0.25, 0.3) is 5.91 Å². The van der Waals surface area contributed by atoms with Crippen molar-refractivity contribution >= 4 is 17.8 Å². The van der Waals surface area contributed by atoms with E-state index in [1.807, 2.05) is 25.1 Å². The number of carbonyl (C=O) groups excluding carboxylic acids is 1. The van der Waals surface area contributed by atoms with Gasteiger partial charge in [0.1, 0.15) is 5.75 Å². The Kier molecular flexibility index (Phi) is 5.56. The summed E-state index contributed by atoms with van der Waals surface area (Å²) < 4.78 is 5.28. The third-order valence-corrected chi connectivity index (χ3v) is 4.70. The molecule has 2 aromatic rings. The molecule has 1 aliphatic rings. The maximum absolute atomic E-state index is 12.3. The predicted molar refractivity (Wildman–Crippen MR) is 105 cm³/mol. The minimum absolute atomic E-state index is 0.288. The molecule has 0 atom stereocenters. The molecule has 0 spiro atoms. The van der Waals surface area contributed by atoms with Gasteiger partial charge in [-0.05, 0) is 67.6 Å². The van der Waals surface area contributed by atoms with Crippen molar-refractivity contribution in [1.82, 2.24) is 5.43 Å². The average Bonchev–Trinajstić information content (AvgIpc) is 3.17. The van der Waals surface area contributed by atoms with E-state index in [0.29, 0.717) is 11.3 Å². The number of hydrogen-bond acceptors (Lipinski definition) is 4. The number of nitrogens with zero attached hydrogens (tertiary/aromatic N) is 2. The molecular formula is C21H25N3O2. The number of hydrazone groups is 1. The first-order valence-corrected chi connectivity index (χ1v) is 8.92. The number of rotatable bonds is 5. The van der Waals surface area contributed by atoms with Gasteiger partial charge in [0.05, 0.1) is 18.9 Å². The molecule has 1 heterocycles. The first-order chi connectivity index (χ1) is 12.6. The molecule has 136 valence electrons. The highest BCUT2D eigenvalue weighted by molar-refractivity contribution is 5.97. The summed E-state index contributed by atoms with van der Waals surface area (Å²) in [7, 11) is 1.56. The molecule has 0 unspecified atom stereocenters. The molecule has 1 N–H and O–H groups in total. The standard InChI is InChI=1S/C21H25N3O2/c1-15-6-9-19(20(12-15)26-3)21(25)23-22-14-17-7-8-18(13-16(17)2)24-10-4-5-11-24/h6-9,12-14H,4-5,10-11H2,1-3H3,(H,23,25)/b22-14-. The molecule has 1 fully saturated rings. The van der Waals surface area contributed by atoms with Gasteiger partial charge in [-0.25, -0.2) is 5.43 Å². The zero-order chi connectivity index (χ0) is 18.5. The number of benzene rings is 2. The molecule has 2 aromatic carbocycles. The van der Waals surface area contributed by atoms with E-state index in [1.165, 1.54) is 18.5 Å². The molecule has 26 heavy (non-hydrogen) atoms. The molecule has 0 radical (unpaired) electrons. The van der Waals surface area contributed by atoms with Crippen molar-refractivity contribution < 1.29 is 9.53 Å². The number of methoxy groups -OCH3 is 1. The largest absolute Gasteiger partial charge is 0.496 e. The first kappa shape index (κ1) is 18.0. The van der Waals surface area contributed by atoms with Crippen LogP contribution >= 0.6 is 0 Å². The summed E-state index contributed by atoms with van der Waals surface area (Å²) in [5, 5.41) is 4.11. The summed E-state index contributed by atoms with van der Waals surface area (Å²) >= 11 is 0. The molecule has 0 bridgehead atoms. The Labute approximate surface area is 154 Å². The van der Waals surface area contributed by atoms with E-state index < -0.39 is 0 Å². The lowest BCUT2D eigenvalue weighted by atomic mass is 10.1. The molecule has 0 aliphatic carbocycles. The Balaban J connectivity index is 1.67. The van der Waals surface area contributed by atoms with Gasteiger partial charge >= 0.3 is 0 Å². The number of anilines is 1. The second-order valence-corrected chi connectivity index (χ2v) is 6.64. The summed E-state index contributed by atoms with van der Waals surface area (Å²) in [5.41, 5.74) is 7.47. The maximum atomic E-state index is 12.3. The highest BCUT2D eigenvalue weighted by Gasteiger charge is 2.13. The van der Waals surface area contributed by atoms with E-state index >= 15 is 0 Å². The summed E-state index contributed by atoms with van der Waals surface area (Å²) in [5.74, 6) is 0.258. The molecule has 1 aliphatic heterocycles. The van der Waals surface area contributed by atoms with Crippen molar-refractivity contribution in [2.75, 3.05) is 25.1 Å². The van der Waals surface area contributed by atoms with Gasteiger partial charge < -0.3 is 9.64 Å². The van der Waals surface area contributed by atoms with Crippen LogP contribution in [0.15, 0.2) is 41.5 Å².